The molecule has 0 fully saturated rings. The van der Waals surface area contributed by atoms with Crippen LogP contribution < -0.4 is 10.3 Å². The number of pyridine rings is 2. The van der Waals surface area contributed by atoms with E-state index in [4.69, 9.17) is 4.74 Å². The molecule has 0 unspecified atom stereocenters. The highest BCUT2D eigenvalue weighted by Gasteiger charge is 2.33. The number of nitrogens with zero attached hydrogens (tertiary/aromatic N) is 3. The van der Waals surface area contributed by atoms with Crippen LogP contribution in [-0.2, 0) is 6.42 Å². The standard InChI is InChI=1S/C23H21N3O3/c1-14-15(2)26-13-17(25-10-6-5-9-21(25)28)12-20(23(26)24-14)29-22-18-8-4-3-7-16(18)11-19(22)27/h3-10,12-13,19,22,27H,11H2,1-2H3/t19-,22-/m1/s1. The maximum Gasteiger partial charge on any atom is 0.255 e. The minimum Gasteiger partial charge on any atom is -0.479 e. The minimum absolute atomic E-state index is 0.126. The third-order valence-electron chi connectivity index (χ3n) is 5.64. The number of aliphatic hydroxyl groups is 1. The monoisotopic (exact) mass is 387 g/mol. The van der Waals surface area contributed by atoms with Crippen LogP contribution in [0.5, 0.6) is 5.75 Å². The van der Waals surface area contributed by atoms with Crippen molar-refractivity contribution in [3.05, 3.63) is 93.8 Å². The summed E-state index contributed by atoms with van der Waals surface area (Å²) in [6.45, 7) is 3.93. The zero-order valence-corrected chi connectivity index (χ0v) is 16.2. The Labute approximate surface area is 167 Å². The fraction of sp³-hybridized carbons (Fsp3) is 0.217. The zero-order chi connectivity index (χ0) is 20.1. The summed E-state index contributed by atoms with van der Waals surface area (Å²) in [6, 6.07) is 14.8. The van der Waals surface area contributed by atoms with Crippen LogP contribution in [-0.4, -0.2) is 25.2 Å². The van der Waals surface area contributed by atoms with E-state index in [1.165, 1.54) is 6.07 Å². The molecule has 0 bridgehead atoms. The SMILES string of the molecule is Cc1nc2c(O[C@@H]3c4ccccc4C[C@H]3O)cc(-n3ccccc3=O)cn2c1C. The third-order valence-corrected chi connectivity index (χ3v) is 5.64. The minimum atomic E-state index is -0.632. The molecule has 146 valence electrons. The van der Waals surface area contributed by atoms with Crippen LogP contribution in [0.4, 0.5) is 0 Å². The maximum atomic E-state index is 12.4. The molecule has 6 heteroatoms. The first kappa shape index (κ1) is 17.7. The van der Waals surface area contributed by atoms with E-state index < -0.39 is 12.2 Å². The first-order valence-electron chi connectivity index (χ1n) is 9.63. The van der Waals surface area contributed by atoms with Crippen molar-refractivity contribution in [2.75, 3.05) is 0 Å². The molecule has 1 N–H and O–H groups in total. The molecular weight excluding hydrogens is 366 g/mol. The molecule has 1 aromatic carbocycles. The molecule has 3 aromatic heterocycles. The Hall–Kier alpha value is -3.38. The Bertz CT molecular complexity index is 1290. The van der Waals surface area contributed by atoms with E-state index in [-0.39, 0.29) is 5.56 Å². The Morgan fingerprint density at radius 1 is 1.14 bits per heavy atom. The largest absolute Gasteiger partial charge is 0.479 e. The highest BCUT2D eigenvalue weighted by Crippen LogP contribution is 2.37. The van der Waals surface area contributed by atoms with Crippen LogP contribution in [0.3, 0.4) is 0 Å². The van der Waals surface area contributed by atoms with Crippen LogP contribution in [0, 0.1) is 13.8 Å². The summed E-state index contributed by atoms with van der Waals surface area (Å²) >= 11 is 0. The van der Waals surface area contributed by atoms with Crippen molar-refractivity contribution in [1.29, 1.82) is 0 Å². The number of rotatable bonds is 3. The molecule has 0 saturated heterocycles. The lowest BCUT2D eigenvalue weighted by molar-refractivity contribution is 0.0502. The Morgan fingerprint density at radius 2 is 1.93 bits per heavy atom. The summed E-state index contributed by atoms with van der Waals surface area (Å²) in [6.07, 6.45) is 3.06. The highest BCUT2D eigenvalue weighted by atomic mass is 16.5. The molecule has 4 aromatic rings. The number of aromatic nitrogens is 3. The fourth-order valence-electron chi connectivity index (χ4n) is 4.00. The van der Waals surface area contributed by atoms with Gasteiger partial charge >= 0.3 is 0 Å². The van der Waals surface area contributed by atoms with Crippen molar-refractivity contribution in [2.45, 2.75) is 32.5 Å². The first-order chi connectivity index (χ1) is 14.0. The summed E-state index contributed by atoms with van der Waals surface area (Å²) in [5.41, 5.74) is 5.16. The van der Waals surface area contributed by atoms with Crippen molar-refractivity contribution in [3.63, 3.8) is 0 Å². The molecule has 1 aliphatic rings. The lowest BCUT2D eigenvalue weighted by Crippen LogP contribution is -2.20. The molecule has 0 spiro atoms. The van der Waals surface area contributed by atoms with E-state index >= 15 is 0 Å². The zero-order valence-electron chi connectivity index (χ0n) is 16.2. The van der Waals surface area contributed by atoms with E-state index in [0.29, 0.717) is 23.5 Å². The summed E-state index contributed by atoms with van der Waals surface area (Å²) in [5, 5.41) is 10.6. The van der Waals surface area contributed by atoms with Crippen LogP contribution in [0.1, 0.15) is 28.6 Å². The van der Waals surface area contributed by atoms with Crippen molar-refractivity contribution in [2.24, 2.45) is 0 Å². The Morgan fingerprint density at radius 3 is 2.76 bits per heavy atom. The molecule has 0 saturated carbocycles. The van der Waals surface area contributed by atoms with E-state index in [0.717, 1.165) is 22.5 Å². The smallest absolute Gasteiger partial charge is 0.255 e. The molecular formula is C23H21N3O3. The molecule has 0 radical (unpaired) electrons. The molecule has 3 heterocycles. The average Bonchev–Trinajstić information content (AvgIpc) is 3.19. The summed E-state index contributed by atoms with van der Waals surface area (Å²) in [7, 11) is 0. The van der Waals surface area contributed by atoms with Gasteiger partial charge < -0.3 is 9.84 Å². The topological polar surface area (TPSA) is 68.8 Å². The van der Waals surface area contributed by atoms with E-state index in [2.05, 4.69) is 4.98 Å². The van der Waals surface area contributed by atoms with Gasteiger partial charge in [-0.15, -0.1) is 0 Å². The molecule has 2 atom stereocenters. The van der Waals surface area contributed by atoms with Crippen LogP contribution >= 0.6 is 0 Å². The third kappa shape index (κ3) is 2.84. The number of hydrogen-bond donors (Lipinski definition) is 1. The fourth-order valence-corrected chi connectivity index (χ4v) is 4.00. The number of fused-ring (bicyclic) bond motifs is 2. The first-order valence-corrected chi connectivity index (χ1v) is 9.63. The summed E-state index contributed by atoms with van der Waals surface area (Å²) < 4.78 is 9.86. The van der Waals surface area contributed by atoms with Crippen molar-refractivity contribution in [3.8, 4) is 11.4 Å². The summed E-state index contributed by atoms with van der Waals surface area (Å²) in [5.74, 6) is 0.537. The summed E-state index contributed by atoms with van der Waals surface area (Å²) in [4.78, 5) is 17.0. The number of imidazole rings is 1. The molecule has 5 rings (SSSR count). The van der Waals surface area contributed by atoms with Gasteiger partial charge in [-0.3, -0.25) is 13.8 Å². The number of aliphatic hydroxyl groups excluding tert-OH is 1. The van der Waals surface area contributed by atoms with Gasteiger partial charge in [-0.25, -0.2) is 4.98 Å². The predicted octanol–water partition coefficient (Wildman–Crippen LogP) is 3.14. The molecule has 0 amide bonds. The van der Waals surface area contributed by atoms with Gasteiger partial charge in [0.15, 0.2) is 17.5 Å². The second-order valence-corrected chi connectivity index (χ2v) is 7.46. The van der Waals surface area contributed by atoms with E-state index in [9.17, 15) is 9.90 Å². The van der Waals surface area contributed by atoms with Gasteiger partial charge in [0.25, 0.3) is 5.56 Å². The van der Waals surface area contributed by atoms with Gasteiger partial charge in [0.05, 0.1) is 17.5 Å². The quantitative estimate of drug-likeness (QED) is 0.586. The number of benzene rings is 1. The van der Waals surface area contributed by atoms with Crippen molar-refractivity contribution >= 4 is 5.65 Å². The average molecular weight is 387 g/mol. The van der Waals surface area contributed by atoms with Gasteiger partial charge in [0, 0.05) is 36.6 Å². The molecule has 0 aliphatic heterocycles. The van der Waals surface area contributed by atoms with Crippen LogP contribution in [0.25, 0.3) is 11.3 Å². The van der Waals surface area contributed by atoms with Gasteiger partial charge in [-0.1, -0.05) is 30.3 Å². The van der Waals surface area contributed by atoms with Gasteiger partial charge in [0.2, 0.25) is 0 Å². The Kier molecular flexibility index (Phi) is 4.03. The number of ether oxygens (including phenoxy) is 1. The maximum absolute atomic E-state index is 12.4. The van der Waals surface area contributed by atoms with Crippen molar-refractivity contribution in [1.82, 2.24) is 14.0 Å². The van der Waals surface area contributed by atoms with E-state index in [1.54, 1.807) is 16.8 Å². The van der Waals surface area contributed by atoms with Crippen molar-refractivity contribution < 1.29 is 9.84 Å². The second-order valence-electron chi connectivity index (χ2n) is 7.46. The van der Waals surface area contributed by atoms with Gasteiger partial charge in [0.1, 0.15) is 0 Å². The normalized spacial score (nSPS) is 18.2. The van der Waals surface area contributed by atoms with Crippen LogP contribution in [0.2, 0.25) is 0 Å². The number of hydrogen-bond acceptors (Lipinski definition) is 4. The molecule has 29 heavy (non-hydrogen) atoms. The predicted molar refractivity (Wildman–Crippen MR) is 110 cm³/mol. The Balaban J connectivity index is 1.68. The highest BCUT2D eigenvalue weighted by molar-refractivity contribution is 5.60. The molecule has 1 aliphatic carbocycles. The van der Waals surface area contributed by atoms with Crippen LogP contribution in [0.15, 0.2) is 65.7 Å². The van der Waals surface area contributed by atoms with Gasteiger partial charge in [-0.2, -0.15) is 0 Å². The second kappa shape index (κ2) is 6.60. The molecule has 6 nitrogen and oxygen atoms in total. The lowest BCUT2D eigenvalue weighted by atomic mass is 10.1. The van der Waals surface area contributed by atoms with E-state index in [1.807, 2.05) is 60.8 Å². The number of aryl methyl sites for hydroxylation is 2. The van der Waals surface area contributed by atoms with Gasteiger partial charge in [-0.05, 0) is 31.0 Å². The lowest BCUT2D eigenvalue weighted by Gasteiger charge is -2.20.